The first kappa shape index (κ1) is 15.5. The van der Waals surface area contributed by atoms with E-state index in [9.17, 15) is 0 Å². The van der Waals surface area contributed by atoms with Crippen molar-refractivity contribution in [3.63, 3.8) is 0 Å². The molecule has 2 aromatic carbocycles. The topological polar surface area (TPSA) is 0 Å². The molecule has 0 amide bonds. The number of hydrogen-bond donors (Lipinski definition) is 0. The summed E-state index contributed by atoms with van der Waals surface area (Å²) in [6.45, 7) is 2.24. The minimum Gasteiger partial charge on any atom is -0.157 e. The number of thioether (sulfide) groups is 1. The van der Waals surface area contributed by atoms with Crippen LogP contribution in [-0.4, -0.2) is 5.75 Å². The molecule has 0 N–H and O–H groups in total. The first-order valence-corrected chi connectivity index (χ1v) is 8.84. The standard InChI is InChI=1S/C18H21ClS/c1-2-3-12-20-14-16-6-10-18(11-7-16)17-8-4-15(13-19)5-9-17/h4-11H,2-3,12-14H2,1H3. The maximum absolute atomic E-state index is 5.81. The molecule has 0 aromatic heterocycles. The highest BCUT2D eigenvalue weighted by Crippen LogP contribution is 2.22. The van der Waals surface area contributed by atoms with Gasteiger partial charge in [0.1, 0.15) is 0 Å². The average molecular weight is 305 g/mol. The lowest BCUT2D eigenvalue weighted by Gasteiger charge is -2.05. The molecule has 0 atom stereocenters. The zero-order chi connectivity index (χ0) is 14.2. The second-order valence-corrected chi connectivity index (χ2v) is 6.31. The van der Waals surface area contributed by atoms with E-state index < -0.39 is 0 Å². The van der Waals surface area contributed by atoms with Crippen molar-refractivity contribution in [3.05, 3.63) is 59.7 Å². The van der Waals surface area contributed by atoms with Crippen molar-refractivity contribution in [2.45, 2.75) is 31.4 Å². The number of alkyl halides is 1. The van der Waals surface area contributed by atoms with Crippen LogP contribution in [0.2, 0.25) is 0 Å². The van der Waals surface area contributed by atoms with Gasteiger partial charge in [-0.25, -0.2) is 0 Å². The second-order valence-electron chi connectivity index (χ2n) is 4.93. The lowest BCUT2D eigenvalue weighted by Crippen LogP contribution is -1.85. The van der Waals surface area contributed by atoms with Crippen LogP contribution in [0, 0.1) is 0 Å². The third kappa shape index (κ3) is 4.57. The Hall–Kier alpha value is -0.920. The molecule has 0 aliphatic carbocycles. The summed E-state index contributed by atoms with van der Waals surface area (Å²) in [6, 6.07) is 17.4. The van der Waals surface area contributed by atoms with Crippen molar-refractivity contribution in [1.82, 2.24) is 0 Å². The third-order valence-electron chi connectivity index (χ3n) is 3.31. The Kier molecular flexibility index (Phi) is 6.49. The summed E-state index contributed by atoms with van der Waals surface area (Å²) >= 11 is 7.84. The van der Waals surface area contributed by atoms with Gasteiger partial charge in [-0.2, -0.15) is 11.8 Å². The highest BCUT2D eigenvalue weighted by atomic mass is 35.5. The fourth-order valence-electron chi connectivity index (χ4n) is 2.02. The van der Waals surface area contributed by atoms with E-state index in [1.807, 2.05) is 11.8 Å². The van der Waals surface area contributed by atoms with Crippen LogP contribution in [0.15, 0.2) is 48.5 Å². The Bertz CT molecular complexity index is 502. The second kappa shape index (κ2) is 8.39. The van der Waals surface area contributed by atoms with Crippen LogP contribution < -0.4 is 0 Å². The molecule has 0 unspecified atom stereocenters. The summed E-state index contributed by atoms with van der Waals surface area (Å²) in [4.78, 5) is 0. The smallest absolute Gasteiger partial charge is 0.0474 e. The van der Waals surface area contributed by atoms with Crippen LogP contribution >= 0.6 is 23.4 Å². The van der Waals surface area contributed by atoms with Crippen LogP contribution in [0.1, 0.15) is 30.9 Å². The molecule has 2 rings (SSSR count). The molecule has 2 heteroatoms. The van der Waals surface area contributed by atoms with Crippen LogP contribution in [-0.2, 0) is 11.6 Å². The quantitative estimate of drug-likeness (QED) is 0.438. The van der Waals surface area contributed by atoms with Crippen molar-refractivity contribution in [2.24, 2.45) is 0 Å². The minimum absolute atomic E-state index is 0.578. The lowest BCUT2D eigenvalue weighted by atomic mass is 10.0. The van der Waals surface area contributed by atoms with Gasteiger partial charge in [0.25, 0.3) is 0 Å². The lowest BCUT2D eigenvalue weighted by molar-refractivity contribution is 0.896. The van der Waals surface area contributed by atoms with Gasteiger partial charge in [-0.1, -0.05) is 61.9 Å². The van der Waals surface area contributed by atoms with Gasteiger partial charge in [0.05, 0.1) is 0 Å². The van der Waals surface area contributed by atoms with Crippen LogP contribution in [0.3, 0.4) is 0 Å². The third-order valence-corrected chi connectivity index (χ3v) is 4.73. The van der Waals surface area contributed by atoms with Gasteiger partial charge in [0.2, 0.25) is 0 Å². The van der Waals surface area contributed by atoms with Crippen molar-refractivity contribution in [1.29, 1.82) is 0 Å². The molecule has 0 spiro atoms. The van der Waals surface area contributed by atoms with Gasteiger partial charge in [-0.15, -0.1) is 11.6 Å². The zero-order valence-electron chi connectivity index (χ0n) is 11.9. The Balaban J connectivity index is 1.96. The zero-order valence-corrected chi connectivity index (χ0v) is 13.5. The molecule has 106 valence electrons. The van der Waals surface area contributed by atoms with E-state index in [1.54, 1.807) is 0 Å². The van der Waals surface area contributed by atoms with E-state index in [1.165, 1.54) is 40.8 Å². The van der Waals surface area contributed by atoms with E-state index in [-0.39, 0.29) is 0 Å². The molecule has 0 heterocycles. The van der Waals surface area contributed by atoms with Crippen molar-refractivity contribution >= 4 is 23.4 Å². The summed E-state index contributed by atoms with van der Waals surface area (Å²) in [7, 11) is 0. The van der Waals surface area contributed by atoms with Gasteiger partial charge in [-0.05, 0) is 34.4 Å². The molecule has 0 aliphatic rings. The molecule has 0 aliphatic heterocycles. The van der Waals surface area contributed by atoms with E-state index >= 15 is 0 Å². The number of rotatable bonds is 7. The Morgan fingerprint density at radius 1 is 0.850 bits per heavy atom. The predicted molar refractivity (Wildman–Crippen MR) is 92.5 cm³/mol. The monoisotopic (exact) mass is 304 g/mol. The van der Waals surface area contributed by atoms with Gasteiger partial charge < -0.3 is 0 Å². The van der Waals surface area contributed by atoms with Crippen molar-refractivity contribution < 1.29 is 0 Å². The number of halogens is 1. The predicted octanol–water partition coefficient (Wildman–Crippen LogP) is 6.13. The van der Waals surface area contributed by atoms with Crippen LogP contribution in [0.25, 0.3) is 11.1 Å². The normalized spacial score (nSPS) is 10.7. The molecule has 0 saturated heterocycles. The maximum Gasteiger partial charge on any atom is 0.0474 e. The Morgan fingerprint density at radius 2 is 1.40 bits per heavy atom. The molecule has 20 heavy (non-hydrogen) atoms. The van der Waals surface area contributed by atoms with E-state index in [0.717, 1.165) is 5.75 Å². The van der Waals surface area contributed by atoms with Crippen molar-refractivity contribution in [3.8, 4) is 11.1 Å². The van der Waals surface area contributed by atoms with E-state index in [2.05, 4.69) is 55.5 Å². The molecular weight excluding hydrogens is 284 g/mol. The first-order chi connectivity index (χ1) is 9.83. The Morgan fingerprint density at radius 3 is 1.90 bits per heavy atom. The summed E-state index contributed by atoms with van der Waals surface area (Å²) < 4.78 is 0. The molecule has 0 fully saturated rings. The van der Waals surface area contributed by atoms with Crippen molar-refractivity contribution in [2.75, 3.05) is 5.75 Å². The Labute approximate surface area is 131 Å². The molecule has 0 radical (unpaired) electrons. The maximum atomic E-state index is 5.81. The van der Waals surface area contributed by atoms with Crippen LogP contribution in [0.4, 0.5) is 0 Å². The molecule has 0 nitrogen and oxygen atoms in total. The minimum atomic E-state index is 0.578. The fourth-order valence-corrected chi connectivity index (χ4v) is 3.26. The first-order valence-electron chi connectivity index (χ1n) is 7.15. The number of benzene rings is 2. The highest BCUT2D eigenvalue weighted by molar-refractivity contribution is 7.98. The van der Waals surface area contributed by atoms with E-state index in [0.29, 0.717) is 5.88 Å². The largest absolute Gasteiger partial charge is 0.157 e. The van der Waals surface area contributed by atoms with Crippen LogP contribution in [0.5, 0.6) is 0 Å². The summed E-state index contributed by atoms with van der Waals surface area (Å²) in [5.74, 6) is 2.96. The summed E-state index contributed by atoms with van der Waals surface area (Å²) in [5, 5.41) is 0. The fraction of sp³-hybridized carbons (Fsp3) is 0.333. The number of unbranched alkanes of at least 4 members (excludes halogenated alkanes) is 1. The SMILES string of the molecule is CCCCSCc1ccc(-c2ccc(CCl)cc2)cc1. The molecule has 0 saturated carbocycles. The molecule has 0 bridgehead atoms. The average Bonchev–Trinajstić information content (AvgIpc) is 2.52. The highest BCUT2D eigenvalue weighted by Gasteiger charge is 1.99. The van der Waals surface area contributed by atoms with Gasteiger partial charge in [0.15, 0.2) is 0 Å². The molecular formula is C18H21ClS. The summed E-state index contributed by atoms with van der Waals surface area (Å²) in [5.41, 5.74) is 5.10. The summed E-state index contributed by atoms with van der Waals surface area (Å²) in [6.07, 6.45) is 2.60. The van der Waals surface area contributed by atoms with Gasteiger partial charge in [-0.3, -0.25) is 0 Å². The van der Waals surface area contributed by atoms with E-state index in [4.69, 9.17) is 11.6 Å². The molecule has 2 aromatic rings. The number of hydrogen-bond acceptors (Lipinski definition) is 1. The van der Waals surface area contributed by atoms with Gasteiger partial charge in [0, 0.05) is 11.6 Å². The van der Waals surface area contributed by atoms with Gasteiger partial charge >= 0.3 is 0 Å².